The van der Waals surface area contributed by atoms with Crippen molar-refractivity contribution in [2.45, 2.75) is 65.8 Å². The lowest BCUT2D eigenvalue weighted by Gasteiger charge is -2.23. The predicted molar refractivity (Wildman–Crippen MR) is 85.3 cm³/mol. The number of carbonyl (C=O) groups is 1. The highest BCUT2D eigenvalue weighted by atomic mass is 16.6. The molecular formula is C16H29N3O2. The maximum absolute atomic E-state index is 11.8. The number of carbonyl (C=O) groups excluding carboxylic acids is 1. The topological polar surface area (TPSA) is 55.3 Å². The molecule has 0 radical (unpaired) electrons. The summed E-state index contributed by atoms with van der Waals surface area (Å²) in [6.45, 7) is 12.3. The lowest BCUT2D eigenvalue weighted by atomic mass is 10.2. The van der Waals surface area contributed by atoms with Gasteiger partial charge in [0, 0.05) is 37.6 Å². The number of nitrogens with one attached hydrogen (secondary N) is 2. The van der Waals surface area contributed by atoms with Crippen LogP contribution in [0, 0.1) is 0 Å². The van der Waals surface area contributed by atoms with Gasteiger partial charge in [0.15, 0.2) is 0 Å². The van der Waals surface area contributed by atoms with Crippen LogP contribution in [-0.2, 0) is 17.8 Å². The van der Waals surface area contributed by atoms with Crippen molar-refractivity contribution in [3.05, 3.63) is 24.0 Å². The number of hydrogen-bond acceptors (Lipinski definition) is 3. The van der Waals surface area contributed by atoms with Gasteiger partial charge in [-0.3, -0.25) is 0 Å². The molecule has 0 saturated heterocycles. The fraction of sp³-hybridized carbons (Fsp3) is 0.688. The quantitative estimate of drug-likeness (QED) is 0.813. The molecular weight excluding hydrogens is 266 g/mol. The molecule has 0 saturated carbocycles. The summed E-state index contributed by atoms with van der Waals surface area (Å²) in [5, 5.41) is 6.29. The number of amides is 1. The van der Waals surface area contributed by atoms with Gasteiger partial charge in [0.1, 0.15) is 5.60 Å². The van der Waals surface area contributed by atoms with Gasteiger partial charge in [0.2, 0.25) is 0 Å². The highest BCUT2D eigenvalue weighted by molar-refractivity contribution is 5.68. The number of aromatic nitrogens is 1. The number of aryl methyl sites for hydroxylation is 1. The summed E-state index contributed by atoms with van der Waals surface area (Å²) in [6, 6.07) is 4.24. The Hall–Kier alpha value is -1.49. The molecule has 1 aromatic rings. The van der Waals surface area contributed by atoms with E-state index in [1.54, 1.807) is 0 Å². The van der Waals surface area contributed by atoms with Crippen molar-refractivity contribution < 1.29 is 9.53 Å². The van der Waals surface area contributed by atoms with E-state index in [0.29, 0.717) is 0 Å². The standard InChI is InChI=1S/C16H29N3O2/c1-6-13(18-15(20)21-16(3,4)5)11-17-12-14-9-8-10-19(14)7-2/h8-10,13,17H,6-7,11-12H2,1-5H3,(H,18,20). The van der Waals surface area contributed by atoms with Gasteiger partial charge in [0.25, 0.3) is 0 Å². The SMILES string of the molecule is CCC(CNCc1cccn1CC)NC(=O)OC(C)(C)C. The Labute approximate surface area is 128 Å². The van der Waals surface area contributed by atoms with Crippen LogP contribution in [0.3, 0.4) is 0 Å². The number of alkyl carbamates (subject to hydrolysis) is 1. The van der Waals surface area contributed by atoms with E-state index in [2.05, 4.69) is 47.4 Å². The summed E-state index contributed by atoms with van der Waals surface area (Å²) in [6.07, 6.45) is 2.59. The first-order valence-electron chi connectivity index (χ1n) is 7.70. The van der Waals surface area contributed by atoms with E-state index in [0.717, 1.165) is 26.1 Å². The Balaban J connectivity index is 2.36. The molecule has 0 aliphatic rings. The summed E-state index contributed by atoms with van der Waals surface area (Å²) in [5.74, 6) is 0. The third-order valence-electron chi connectivity index (χ3n) is 3.17. The van der Waals surface area contributed by atoms with Crippen molar-refractivity contribution in [2.24, 2.45) is 0 Å². The minimum Gasteiger partial charge on any atom is -0.444 e. The van der Waals surface area contributed by atoms with Crippen LogP contribution in [0.5, 0.6) is 0 Å². The zero-order valence-corrected chi connectivity index (χ0v) is 13.9. The first-order valence-corrected chi connectivity index (χ1v) is 7.70. The van der Waals surface area contributed by atoms with Crippen molar-refractivity contribution in [3.8, 4) is 0 Å². The van der Waals surface area contributed by atoms with E-state index in [4.69, 9.17) is 4.74 Å². The van der Waals surface area contributed by atoms with Crippen molar-refractivity contribution >= 4 is 6.09 Å². The normalized spacial score (nSPS) is 13.0. The lowest BCUT2D eigenvalue weighted by Crippen LogP contribution is -2.43. The molecule has 0 aromatic carbocycles. The Morgan fingerprint density at radius 3 is 2.67 bits per heavy atom. The largest absolute Gasteiger partial charge is 0.444 e. The Kier molecular flexibility index (Phi) is 6.75. The highest BCUT2D eigenvalue weighted by Crippen LogP contribution is 2.07. The van der Waals surface area contributed by atoms with Gasteiger partial charge in [-0.25, -0.2) is 4.79 Å². The Morgan fingerprint density at radius 2 is 2.10 bits per heavy atom. The molecule has 5 heteroatoms. The van der Waals surface area contributed by atoms with Gasteiger partial charge in [-0.15, -0.1) is 0 Å². The second kappa shape index (κ2) is 8.08. The van der Waals surface area contributed by atoms with Crippen molar-refractivity contribution in [2.75, 3.05) is 6.54 Å². The second-order valence-corrected chi connectivity index (χ2v) is 6.17. The maximum Gasteiger partial charge on any atom is 0.407 e. The van der Waals surface area contributed by atoms with Crippen molar-refractivity contribution in [1.82, 2.24) is 15.2 Å². The van der Waals surface area contributed by atoms with Gasteiger partial charge in [-0.05, 0) is 46.2 Å². The molecule has 1 aromatic heterocycles. The molecule has 1 atom stereocenters. The van der Waals surface area contributed by atoms with E-state index in [9.17, 15) is 4.79 Å². The van der Waals surface area contributed by atoms with Gasteiger partial charge < -0.3 is 19.9 Å². The van der Waals surface area contributed by atoms with Crippen LogP contribution >= 0.6 is 0 Å². The van der Waals surface area contributed by atoms with Crippen LogP contribution < -0.4 is 10.6 Å². The molecule has 0 aliphatic heterocycles. The summed E-state index contributed by atoms with van der Waals surface area (Å²) >= 11 is 0. The molecule has 120 valence electrons. The van der Waals surface area contributed by atoms with Crippen LogP contribution in [0.25, 0.3) is 0 Å². The van der Waals surface area contributed by atoms with E-state index >= 15 is 0 Å². The minimum atomic E-state index is -0.461. The van der Waals surface area contributed by atoms with E-state index < -0.39 is 5.60 Å². The van der Waals surface area contributed by atoms with E-state index in [1.165, 1.54) is 5.69 Å². The van der Waals surface area contributed by atoms with Crippen LogP contribution in [0.2, 0.25) is 0 Å². The number of nitrogens with zero attached hydrogens (tertiary/aromatic N) is 1. The number of hydrogen-bond donors (Lipinski definition) is 2. The molecule has 1 heterocycles. The fourth-order valence-electron chi connectivity index (χ4n) is 2.06. The molecule has 21 heavy (non-hydrogen) atoms. The molecule has 1 unspecified atom stereocenters. The second-order valence-electron chi connectivity index (χ2n) is 6.17. The Bertz CT molecular complexity index is 435. The van der Waals surface area contributed by atoms with Gasteiger partial charge >= 0.3 is 6.09 Å². The molecule has 0 aliphatic carbocycles. The molecule has 0 fully saturated rings. The van der Waals surface area contributed by atoms with Gasteiger partial charge in [0.05, 0.1) is 0 Å². The van der Waals surface area contributed by atoms with Crippen molar-refractivity contribution in [1.29, 1.82) is 0 Å². The first kappa shape index (κ1) is 17.6. The fourth-order valence-corrected chi connectivity index (χ4v) is 2.06. The van der Waals surface area contributed by atoms with E-state index in [-0.39, 0.29) is 12.1 Å². The van der Waals surface area contributed by atoms with Crippen LogP contribution in [0.4, 0.5) is 4.79 Å². The molecule has 2 N–H and O–H groups in total. The van der Waals surface area contributed by atoms with Crippen LogP contribution in [-0.4, -0.2) is 28.8 Å². The smallest absolute Gasteiger partial charge is 0.407 e. The maximum atomic E-state index is 11.8. The molecule has 0 spiro atoms. The lowest BCUT2D eigenvalue weighted by molar-refractivity contribution is 0.0502. The van der Waals surface area contributed by atoms with Gasteiger partial charge in [-0.1, -0.05) is 6.92 Å². The minimum absolute atomic E-state index is 0.0740. The van der Waals surface area contributed by atoms with Gasteiger partial charge in [-0.2, -0.15) is 0 Å². The average molecular weight is 295 g/mol. The molecule has 1 amide bonds. The summed E-state index contributed by atoms with van der Waals surface area (Å²) < 4.78 is 7.48. The van der Waals surface area contributed by atoms with Crippen molar-refractivity contribution in [3.63, 3.8) is 0 Å². The zero-order valence-electron chi connectivity index (χ0n) is 13.9. The summed E-state index contributed by atoms with van der Waals surface area (Å²) in [4.78, 5) is 11.8. The summed E-state index contributed by atoms with van der Waals surface area (Å²) in [7, 11) is 0. The number of ether oxygens (including phenoxy) is 1. The zero-order chi connectivity index (χ0) is 15.9. The van der Waals surface area contributed by atoms with Crippen LogP contribution in [0.1, 0.15) is 46.7 Å². The Morgan fingerprint density at radius 1 is 1.38 bits per heavy atom. The number of rotatable bonds is 7. The average Bonchev–Trinajstić information content (AvgIpc) is 2.82. The monoisotopic (exact) mass is 295 g/mol. The first-order chi connectivity index (χ1) is 9.85. The molecule has 5 nitrogen and oxygen atoms in total. The van der Waals surface area contributed by atoms with Crippen LogP contribution in [0.15, 0.2) is 18.3 Å². The summed E-state index contributed by atoms with van der Waals surface area (Å²) in [5.41, 5.74) is 0.794. The predicted octanol–water partition coefficient (Wildman–Crippen LogP) is 2.90. The van der Waals surface area contributed by atoms with E-state index in [1.807, 2.05) is 20.8 Å². The molecule has 0 bridgehead atoms. The molecule has 1 rings (SSSR count). The third kappa shape index (κ3) is 6.67. The highest BCUT2D eigenvalue weighted by Gasteiger charge is 2.18. The third-order valence-corrected chi connectivity index (χ3v) is 3.17.